The van der Waals surface area contributed by atoms with Gasteiger partial charge in [-0.05, 0) is 0 Å². The van der Waals surface area contributed by atoms with Crippen LogP contribution in [0.5, 0.6) is 0 Å². The van der Waals surface area contributed by atoms with Crippen LogP contribution < -0.4 is 11.8 Å². The van der Waals surface area contributed by atoms with Crippen molar-refractivity contribution < 1.29 is 94.0 Å². The first kappa shape index (κ1) is 33.1. The van der Waals surface area contributed by atoms with Crippen molar-refractivity contribution >= 4 is 32.7 Å². The van der Waals surface area contributed by atoms with Crippen LogP contribution in [0, 0.1) is 0 Å². The van der Waals surface area contributed by atoms with Gasteiger partial charge in [0.2, 0.25) is 23.0 Å². The molecule has 2 heterocycles. The van der Waals surface area contributed by atoms with E-state index in [4.69, 9.17) is 51.5 Å². The van der Waals surface area contributed by atoms with Gasteiger partial charge in [-0.1, -0.05) is 8.67 Å². The average molecular weight is 576 g/mol. The molecule has 0 bridgehead atoms. The summed E-state index contributed by atoms with van der Waals surface area (Å²) in [5, 5.41) is 53.2. The Bertz CT molecular complexity index is 967. The predicted molar refractivity (Wildman–Crippen MR) is 101 cm³/mol. The lowest BCUT2D eigenvalue weighted by atomic mass is 10.2. The molecule has 2 aliphatic heterocycles. The lowest BCUT2D eigenvalue weighted by Crippen LogP contribution is -2.33. The zero-order valence-corrected chi connectivity index (χ0v) is 18.8. The number of carbonyl (C=O) groups excluding carboxylic acids is 2. The molecule has 4 atom stereocenters. The van der Waals surface area contributed by atoms with Crippen LogP contribution in [0.2, 0.25) is 0 Å². The summed E-state index contributed by atoms with van der Waals surface area (Å²) in [7, 11) is -10.0. The molecule has 0 aromatic heterocycles. The summed E-state index contributed by atoms with van der Waals surface area (Å²) in [6, 6.07) is 0. The normalized spacial score (nSPS) is 21.4. The van der Waals surface area contributed by atoms with Gasteiger partial charge < -0.3 is 49.8 Å². The Kier molecular flexibility index (Phi) is 12.9. The number of hydrogen-bond acceptors (Lipinski definition) is 20. The number of ether oxygens (including phenoxy) is 2. The Morgan fingerprint density at radius 2 is 1.03 bits per heavy atom. The fourth-order valence-electron chi connectivity index (χ4n) is 1.93. The number of cyclic esters (lactones) is 2. The standard InChI is InChI=1S/2C6H9NO6.H2O8S2/c2*7-13-5-3(10)6(11)12-4(5)2(9)1-8;1-9(2,3)7-8-10(4,5)6/h2*2,4,8-10H,1,7H2;(H,1,2,3)(H,4,5,6)/t2*2-,4+;/m00./s1. The van der Waals surface area contributed by atoms with Crippen LogP contribution in [-0.2, 0) is 58.2 Å². The van der Waals surface area contributed by atoms with Gasteiger partial charge in [0.05, 0.1) is 13.2 Å². The highest BCUT2D eigenvalue weighted by Gasteiger charge is 2.41. The summed E-state index contributed by atoms with van der Waals surface area (Å²) in [5.41, 5.74) is 0. The Morgan fingerprint density at radius 1 is 0.750 bits per heavy atom. The van der Waals surface area contributed by atoms with E-state index in [1.165, 1.54) is 0 Å². The molecule has 0 spiro atoms. The van der Waals surface area contributed by atoms with Gasteiger partial charge in [0.25, 0.3) is 0 Å². The second kappa shape index (κ2) is 14.0. The van der Waals surface area contributed by atoms with Gasteiger partial charge in [-0.25, -0.2) is 9.59 Å². The molecule has 0 aromatic rings. The number of aliphatic hydroxyl groups is 6. The third-order valence-electron chi connectivity index (χ3n) is 3.37. The third-order valence-corrected chi connectivity index (χ3v) is 3.93. The van der Waals surface area contributed by atoms with Gasteiger partial charge in [0.1, 0.15) is 12.2 Å². The largest absolute Gasteiger partial charge is 0.499 e. The molecule has 0 saturated carbocycles. The molecule has 0 radical (unpaired) electrons. The zero-order valence-electron chi connectivity index (χ0n) is 17.2. The minimum absolute atomic E-state index is 0.383. The number of hydrogen-bond donors (Lipinski definition) is 10. The van der Waals surface area contributed by atoms with Crippen LogP contribution in [0.4, 0.5) is 0 Å². The molecular formula is C12H20N2O20S2. The quantitative estimate of drug-likeness (QED) is 0.0529. The van der Waals surface area contributed by atoms with Crippen molar-refractivity contribution in [3.63, 3.8) is 0 Å². The number of rotatable bonds is 9. The van der Waals surface area contributed by atoms with E-state index in [1.54, 1.807) is 0 Å². The highest BCUT2D eigenvalue weighted by atomic mass is 32.3. The summed E-state index contributed by atoms with van der Waals surface area (Å²) in [5.74, 6) is 5.02. The van der Waals surface area contributed by atoms with E-state index < -0.39 is 81.9 Å². The van der Waals surface area contributed by atoms with Crippen molar-refractivity contribution in [2.24, 2.45) is 11.8 Å². The van der Waals surface area contributed by atoms with Gasteiger partial charge in [-0.15, -0.1) is 0 Å². The highest BCUT2D eigenvalue weighted by Crippen LogP contribution is 2.24. The highest BCUT2D eigenvalue weighted by molar-refractivity contribution is 7.83. The number of aliphatic hydroxyl groups excluding tert-OH is 6. The first-order valence-corrected chi connectivity index (χ1v) is 11.1. The van der Waals surface area contributed by atoms with Crippen molar-refractivity contribution in [2.45, 2.75) is 24.4 Å². The molecule has 0 unspecified atom stereocenters. The van der Waals surface area contributed by atoms with Crippen LogP contribution in [0.15, 0.2) is 23.0 Å². The molecule has 0 fully saturated rings. The van der Waals surface area contributed by atoms with E-state index >= 15 is 0 Å². The molecular weight excluding hydrogens is 556 g/mol. The van der Waals surface area contributed by atoms with Crippen LogP contribution >= 0.6 is 0 Å². The van der Waals surface area contributed by atoms with Crippen LogP contribution in [0.25, 0.3) is 0 Å². The van der Waals surface area contributed by atoms with E-state index in [9.17, 15) is 26.4 Å². The van der Waals surface area contributed by atoms with E-state index in [0.717, 1.165) is 0 Å². The van der Waals surface area contributed by atoms with Gasteiger partial charge in [0.15, 0.2) is 12.2 Å². The maximum absolute atomic E-state index is 10.7. The maximum Gasteiger partial charge on any atom is 0.425 e. The van der Waals surface area contributed by atoms with Crippen molar-refractivity contribution in [3.05, 3.63) is 23.0 Å². The summed E-state index contributed by atoms with van der Waals surface area (Å²) in [4.78, 5) is 29.7. The van der Waals surface area contributed by atoms with Crippen LogP contribution in [-0.4, -0.2) is 106 Å². The molecule has 36 heavy (non-hydrogen) atoms. The molecule has 2 rings (SSSR count). The summed E-state index contributed by atoms with van der Waals surface area (Å²) in [6.07, 6.45) is -5.23. The van der Waals surface area contributed by atoms with Crippen molar-refractivity contribution in [1.82, 2.24) is 0 Å². The molecule has 12 N–H and O–H groups in total. The summed E-state index contributed by atoms with van der Waals surface area (Å²) < 4.78 is 67.8. The Morgan fingerprint density at radius 3 is 1.22 bits per heavy atom. The monoisotopic (exact) mass is 576 g/mol. The zero-order chi connectivity index (χ0) is 28.4. The summed E-state index contributed by atoms with van der Waals surface area (Å²) >= 11 is 0. The van der Waals surface area contributed by atoms with Crippen molar-refractivity contribution in [3.8, 4) is 0 Å². The van der Waals surface area contributed by atoms with Crippen molar-refractivity contribution in [2.75, 3.05) is 13.2 Å². The van der Waals surface area contributed by atoms with Crippen LogP contribution in [0.3, 0.4) is 0 Å². The number of carbonyl (C=O) groups is 2. The van der Waals surface area contributed by atoms with E-state index in [1.807, 2.05) is 0 Å². The topological polar surface area (TPSA) is 372 Å². The minimum Gasteiger partial charge on any atom is -0.499 e. The Labute approximate surface area is 199 Å². The number of nitrogens with two attached hydrogens (primary N) is 2. The first-order chi connectivity index (χ1) is 16.4. The van der Waals surface area contributed by atoms with E-state index in [0.29, 0.717) is 0 Å². The maximum atomic E-state index is 10.7. The average Bonchev–Trinajstić information content (AvgIpc) is 3.25. The van der Waals surface area contributed by atoms with Gasteiger partial charge >= 0.3 is 32.7 Å². The molecule has 22 nitrogen and oxygen atoms in total. The molecule has 24 heteroatoms. The van der Waals surface area contributed by atoms with E-state index in [-0.39, 0.29) is 11.5 Å². The van der Waals surface area contributed by atoms with Crippen LogP contribution in [0.1, 0.15) is 0 Å². The van der Waals surface area contributed by atoms with Crippen molar-refractivity contribution in [1.29, 1.82) is 0 Å². The molecule has 0 saturated heterocycles. The molecule has 0 amide bonds. The SMILES string of the molecule is NOC1=C(O)C(=O)O[C@@H]1[C@@H](O)CO.NOC1=C(O)C(=O)O[C@@H]1[C@@H](O)CO.O=S(=O)(O)OOS(=O)(=O)O. The smallest absolute Gasteiger partial charge is 0.425 e. The molecule has 0 aromatic carbocycles. The Balaban J connectivity index is 0.000000517. The van der Waals surface area contributed by atoms with Gasteiger partial charge in [-0.2, -0.15) is 28.6 Å². The fraction of sp³-hybridized carbons (Fsp3) is 0.500. The number of esters is 2. The van der Waals surface area contributed by atoms with Gasteiger partial charge in [0, 0.05) is 0 Å². The molecule has 210 valence electrons. The lowest BCUT2D eigenvalue weighted by molar-refractivity contribution is -0.148. The third kappa shape index (κ3) is 10.4. The fourth-order valence-corrected chi connectivity index (χ4v) is 2.50. The first-order valence-electron chi connectivity index (χ1n) is 8.36. The van der Waals surface area contributed by atoms with Gasteiger partial charge in [-0.3, -0.25) is 9.11 Å². The second-order valence-corrected chi connectivity index (χ2v) is 7.79. The predicted octanol–water partition coefficient (Wildman–Crippen LogP) is -5.61. The second-order valence-electron chi connectivity index (χ2n) is 5.80. The molecule has 0 aliphatic carbocycles. The molecule has 2 aliphatic rings. The summed E-state index contributed by atoms with van der Waals surface area (Å²) in [6.45, 7) is -1.28. The minimum atomic E-state index is -5.02. The van der Waals surface area contributed by atoms with E-state index in [2.05, 4.69) is 27.8 Å². The Hall–Kier alpha value is -2.88. The lowest BCUT2D eigenvalue weighted by Gasteiger charge is -2.15.